The Kier molecular flexibility index (Phi) is 6.24. The van der Waals surface area contributed by atoms with Crippen molar-refractivity contribution in [3.05, 3.63) is 65.2 Å². The van der Waals surface area contributed by atoms with Crippen molar-refractivity contribution in [3.63, 3.8) is 0 Å². The van der Waals surface area contributed by atoms with Crippen LogP contribution in [0.4, 0.5) is 0 Å². The van der Waals surface area contributed by atoms with Crippen LogP contribution in [-0.2, 0) is 17.8 Å². The molecule has 0 aliphatic carbocycles. The zero-order valence-electron chi connectivity index (χ0n) is 15.8. The number of nitrogens with zero attached hydrogens (tertiary/aromatic N) is 4. The van der Waals surface area contributed by atoms with E-state index in [-0.39, 0.29) is 5.91 Å². The number of hydrogen-bond donors (Lipinski definition) is 1. The molecule has 1 N–H and O–H groups in total. The summed E-state index contributed by atoms with van der Waals surface area (Å²) in [7, 11) is 0. The molecular formula is C20H23N5OS. The van der Waals surface area contributed by atoms with E-state index in [1.807, 2.05) is 56.6 Å². The number of aryl methyl sites for hydroxylation is 2. The molecule has 2 heterocycles. The molecule has 3 rings (SSSR count). The molecule has 6 nitrogen and oxygen atoms in total. The predicted molar refractivity (Wildman–Crippen MR) is 107 cm³/mol. The summed E-state index contributed by atoms with van der Waals surface area (Å²) in [6.07, 6.45) is 6.64. The fourth-order valence-corrected chi connectivity index (χ4v) is 3.43. The molecule has 2 aromatic heterocycles. The molecule has 7 heteroatoms. The first-order valence-electron chi connectivity index (χ1n) is 8.81. The van der Waals surface area contributed by atoms with Crippen LogP contribution in [0.1, 0.15) is 28.9 Å². The zero-order valence-corrected chi connectivity index (χ0v) is 16.6. The molecule has 1 amide bonds. The molecule has 0 unspecified atom stereocenters. The molecule has 0 saturated carbocycles. The summed E-state index contributed by atoms with van der Waals surface area (Å²) in [6.45, 7) is 4.42. The third-order valence-corrected chi connectivity index (χ3v) is 4.95. The number of benzene rings is 1. The Hall–Kier alpha value is -2.67. The minimum absolute atomic E-state index is 0.0120. The average molecular weight is 382 g/mol. The smallest absolute Gasteiger partial charge is 0.220 e. The summed E-state index contributed by atoms with van der Waals surface area (Å²) in [5.41, 5.74) is 4.94. The van der Waals surface area contributed by atoms with Crippen LogP contribution in [0.25, 0.3) is 5.69 Å². The van der Waals surface area contributed by atoms with Crippen molar-refractivity contribution in [3.8, 4) is 5.69 Å². The van der Waals surface area contributed by atoms with Crippen LogP contribution >= 0.6 is 11.8 Å². The summed E-state index contributed by atoms with van der Waals surface area (Å²) in [5.74, 6) is 0.0120. The van der Waals surface area contributed by atoms with Crippen LogP contribution in [0.3, 0.4) is 0 Å². The molecule has 3 aromatic rings. The third kappa shape index (κ3) is 4.74. The molecule has 0 bridgehead atoms. The average Bonchev–Trinajstić information content (AvgIpc) is 3.20. The number of carbonyl (C=O) groups is 1. The Bertz CT molecular complexity index is 901. The molecular weight excluding hydrogens is 358 g/mol. The number of aromatic nitrogens is 4. The lowest BCUT2D eigenvalue weighted by molar-refractivity contribution is -0.121. The van der Waals surface area contributed by atoms with Gasteiger partial charge in [-0.1, -0.05) is 30.0 Å². The van der Waals surface area contributed by atoms with Crippen molar-refractivity contribution < 1.29 is 4.79 Å². The summed E-state index contributed by atoms with van der Waals surface area (Å²) in [6, 6.07) is 9.80. The van der Waals surface area contributed by atoms with Crippen molar-refractivity contribution >= 4 is 17.7 Å². The first-order chi connectivity index (χ1) is 13.1. The maximum Gasteiger partial charge on any atom is 0.220 e. The van der Waals surface area contributed by atoms with Gasteiger partial charge >= 0.3 is 0 Å². The molecule has 140 valence electrons. The van der Waals surface area contributed by atoms with Gasteiger partial charge in [0.2, 0.25) is 5.91 Å². The standard InChI is InChI=1S/C20H23N5OS/c1-14-17(15(2)24-20(23-14)27-3)9-10-19(26)21-13-16-7-4-5-8-18(16)25-12-6-11-22-25/h4-8,11-12H,9-10,13H2,1-3H3,(H,21,26). The molecule has 0 saturated heterocycles. The highest BCUT2D eigenvalue weighted by atomic mass is 32.2. The van der Waals surface area contributed by atoms with Gasteiger partial charge in [0.05, 0.1) is 5.69 Å². The van der Waals surface area contributed by atoms with Gasteiger partial charge in [-0.05, 0) is 49.8 Å². The van der Waals surface area contributed by atoms with Gasteiger partial charge in [-0.25, -0.2) is 14.6 Å². The van der Waals surface area contributed by atoms with Gasteiger partial charge in [0.1, 0.15) is 0 Å². The van der Waals surface area contributed by atoms with Crippen molar-refractivity contribution in [1.82, 2.24) is 25.1 Å². The molecule has 0 aliphatic heterocycles. The van der Waals surface area contributed by atoms with E-state index in [0.29, 0.717) is 19.4 Å². The highest BCUT2D eigenvalue weighted by molar-refractivity contribution is 7.98. The van der Waals surface area contributed by atoms with Gasteiger partial charge in [0, 0.05) is 36.7 Å². The molecule has 0 atom stereocenters. The SMILES string of the molecule is CSc1nc(C)c(CCC(=O)NCc2ccccc2-n2cccn2)c(C)n1. The van der Waals surface area contributed by atoms with Gasteiger partial charge < -0.3 is 5.32 Å². The van der Waals surface area contributed by atoms with Gasteiger partial charge in [0.15, 0.2) is 5.16 Å². The Morgan fingerprint density at radius 1 is 1.15 bits per heavy atom. The Labute approximate surface area is 163 Å². The van der Waals surface area contributed by atoms with Crippen LogP contribution in [0.5, 0.6) is 0 Å². The number of rotatable bonds is 7. The van der Waals surface area contributed by atoms with Gasteiger partial charge in [0.25, 0.3) is 0 Å². The topological polar surface area (TPSA) is 72.7 Å². The minimum atomic E-state index is 0.0120. The number of thioether (sulfide) groups is 1. The van der Waals surface area contributed by atoms with Crippen molar-refractivity contribution in [2.45, 2.75) is 38.4 Å². The number of nitrogens with one attached hydrogen (secondary N) is 1. The number of hydrogen-bond acceptors (Lipinski definition) is 5. The lowest BCUT2D eigenvalue weighted by Crippen LogP contribution is -2.24. The van der Waals surface area contributed by atoms with E-state index in [1.165, 1.54) is 11.8 Å². The van der Waals surface area contributed by atoms with Crippen molar-refractivity contribution in [2.75, 3.05) is 6.26 Å². The number of para-hydroxylation sites is 1. The van der Waals surface area contributed by atoms with Crippen LogP contribution in [0.15, 0.2) is 47.9 Å². The fourth-order valence-electron chi connectivity index (χ4n) is 2.98. The minimum Gasteiger partial charge on any atom is -0.352 e. The second-order valence-electron chi connectivity index (χ2n) is 6.22. The van der Waals surface area contributed by atoms with E-state index in [9.17, 15) is 4.79 Å². The van der Waals surface area contributed by atoms with Crippen molar-refractivity contribution in [2.24, 2.45) is 0 Å². The lowest BCUT2D eigenvalue weighted by atomic mass is 10.1. The fraction of sp³-hybridized carbons (Fsp3) is 0.300. The van der Waals surface area contributed by atoms with E-state index in [0.717, 1.165) is 33.4 Å². The first kappa shape index (κ1) is 19.1. The van der Waals surface area contributed by atoms with E-state index >= 15 is 0 Å². The summed E-state index contributed by atoms with van der Waals surface area (Å²) < 4.78 is 1.80. The van der Waals surface area contributed by atoms with Crippen molar-refractivity contribution in [1.29, 1.82) is 0 Å². The van der Waals surface area contributed by atoms with E-state index in [1.54, 1.807) is 10.9 Å². The second-order valence-corrected chi connectivity index (χ2v) is 6.99. The lowest BCUT2D eigenvalue weighted by Gasteiger charge is -2.12. The zero-order chi connectivity index (χ0) is 19.2. The maximum absolute atomic E-state index is 12.4. The van der Waals surface area contributed by atoms with E-state index in [4.69, 9.17) is 0 Å². The monoisotopic (exact) mass is 381 g/mol. The largest absolute Gasteiger partial charge is 0.352 e. The highest BCUT2D eigenvalue weighted by Gasteiger charge is 2.11. The predicted octanol–water partition coefficient (Wildman–Crippen LogP) is 3.25. The van der Waals surface area contributed by atoms with Crippen LogP contribution < -0.4 is 5.32 Å². The summed E-state index contributed by atoms with van der Waals surface area (Å²) in [4.78, 5) is 21.3. The third-order valence-electron chi connectivity index (χ3n) is 4.40. The van der Waals surface area contributed by atoms with Crippen LogP contribution in [0, 0.1) is 13.8 Å². The Morgan fingerprint density at radius 2 is 1.89 bits per heavy atom. The number of amides is 1. The molecule has 0 radical (unpaired) electrons. The van der Waals surface area contributed by atoms with Gasteiger partial charge in [-0.15, -0.1) is 0 Å². The summed E-state index contributed by atoms with van der Waals surface area (Å²) >= 11 is 1.53. The Balaban J connectivity index is 1.60. The normalized spacial score (nSPS) is 10.8. The molecule has 0 fully saturated rings. The van der Waals surface area contributed by atoms with E-state index in [2.05, 4.69) is 20.4 Å². The van der Waals surface area contributed by atoms with Gasteiger partial charge in [-0.3, -0.25) is 4.79 Å². The molecule has 1 aromatic carbocycles. The molecule has 0 aliphatic rings. The quantitative estimate of drug-likeness (QED) is 0.502. The second kappa shape index (κ2) is 8.81. The highest BCUT2D eigenvalue weighted by Crippen LogP contribution is 2.17. The van der Waals surface area contributed by atoms with Crippen LogP contribution in [-0.4, -0.2) is 31.9 Å². The first-order valence-corrected chi connectivity index (χ1v) is 10.0. The van der Waals surface area contributed by atoms with Gasteiger partial charge in [-0.2, -0.15) is 5.10 Å². The number of carbonyl (C=O) groups excluding carboxylic acids is 1. The molecule has 27 heavy (non-hydrogen) atoms. The van der Waals surface area contributed by atoms with E-state index < -0.39 is 0 Å². The Morgan fingerprint density at radius 3 is 2.56 bits per heavy atom. The maximum atomic E-state index is 12.4. The van der Waals surface area contributed by atoms with Crippen LogP contribution in [0.2, 0.25) is 0 Å². The summed E-state index contributed by atoms with van der Waals surface area (Å²) in [5, 5.41) is 8.05. The molecule has 0 spiro atoms.